The summed E-state index contributed by atoms with van der Waals surface area (Å²) >= 11 is 0. The van der Waals surface area contributed by atoms with Gasteiger partial charge in [-0.2, -0.15) is 0 Å². The second-order valence-electron chi connectivity index (χ2n) is 24.8. The highest BCUT2D eigenvalue weighted by molar-refractivity contribution is 6.00. The summed E-state index contributed by atoms with van der Waals surface area (Å²) in [5.41, 5.74) is -0.635. The molecule has 3 fully saturated rings. The number of unbranched alkanes of at least 4 members (excludes halogenated alkanes) is 1. The Labute approximate surface area is 367 Å². The van der Waals surface area contributed by atoms with Gasteiger partial charge in [0.15, 0.2) is 5.41 Å². The first-order valence-electron chi connectivity index (χ1n) is 23.1. The number of nitrogens with zero attached hydrogens (tertiary/aromatic N) is 2. The van der Waals surface area contributed by atoms with Gasteiger partial charge in [-0.1, -0.05) is 73.4 Å². The lowest BCUT2D eigenvalue weighted by atomic mass is 9.73. The van der Waals surface area contributed by atoms with Crippen molar-refractivity contribution < 1.29 is 29.3 Å². The average molecular weight is 842 g/mol. The summed E-state index contributed by atoms with van der Waals surface area (Å²) in [6, 6.07) is 3.99. The van der Waals surface area contributed by atoms with Crippen molar-refractivity contribution in [2.24, 2.45) is 5.41 Å². The van der Waals surface area contributed by atoms with Crippen molar-refractivity contribution in [3.8, 4) is 5.75 Å². The molecule has 0 aliphatic carbocycles. The normalized spacial score (nSPS) is 26.2. The molecular formula is C51H91N3O6. The number of benzene rings is 1. The number of piperidine rings is 3. The average Bonchev–Trinajstić information content (AvgIpc) is 3.06. The van der Waals surface area contributed by atoms with Gasteiger partial charge in [0.25, 0.3) is 0 Å². The van der Waals surface area contributed by atoms with Crippen LogP contribution in [-0.4, -0.2) is 97.6 Å². The van der Waals surface area contributed by atoms with Crippen LogP contribution in [0.5, 0.6) is 5.75 Å². The Kier molecular flexibility index (Phi) is 15.4. The van der Waals surface area contributed by atoms with E-state index in [2.05, 4.69) is 161 Å². The minimum Gasteiger partial charge on any atom is -0.507 e. The standard InChI is InChI=1S/C42H72N2O5.C9H19NO/c1-18-19-22-42(34(46)48-31-20-23-38(8,9)43(16)40(31,12)13,35(47)49-32-21-24-39(10,11)44(17)41(32,14)15)27-28-25-29(36(2,3)4)33(45)30(26-28)37(5,6)7;1-8(2)5-7(11)6-9(3,4)10-8/h25-26,31-32,45H,18-24,27H2,1-17H3;7,10-11H,5-6H2,1-4H3. The number of aliphatic hydroxyl groups excluding tert-OH is 1. The first-order valence-corrected chi connectivity index (χ1v) is 23.1. The number of likely N-dealkylation sites (tertiary alicyclic amines) is 2. The molecule has 3 aliphatic heterocycles. The monoisotopic (exact) mass is 842 g/mol. The molecule has 3 heterocycles. The largest absolute Gasteiger partial charge is 0.507 e. The first-order chi connectivity index (χ1) is 26.9. The van der Waals surface area contributed by atoms with Gasteiger partial charge in [0.1, 0.15) is 18.0 Å². The van der Waals surface area contributed by atoms with Crippen LogP contribution in [0.2, 0.25) is 0 Å². The third-order valence-corrected chi connectivity index (χ3v) is 14.9. The molecule has 60 heavy (non-hydrogen) atoms. The fourth-order valence-corrected chi connectivity index (χ4v) is 10.4. The van der Waals surface area contributed by atoms with Crippen LogP contribution in [0.3, 0.4) is 0 Å². The maximum absolute atomic E-state index is 15.0. The van der Waals surface area contributed by atoms with Crippen LogP contribution in [0.15, 0.2) is 12.1 Å². The molecule has 1 aromatic rings. The summed E-state index contributed by atoms with van der Waals surface area (Å²) in [5.74, 6) is -0.721. The number of phenols is 1. The van der Waals surface area contributed by atoms with Gasteiger partial charge in [-0.25, -0.2) is 0 Å². The van der Waals surface area contributed by atoms with Crippen molar-refractivity contribution in [3.63, 3.8) is 0 Å². The van der Waals surface area contributed by atoms with E-state index < -0.39 is 28.4 Å². The molecule has 0 aromatic heterocycles. The molecule has 0 bridgehead atoms. The van der Waals surface area contributed by atoms with E-state index in [0.717, 1.165) is 48.8 Å². The van der Waals surface area contributed by atoms with Crippen molar-refractivity contribution in [2.45, 2.75) is 258 Å². The Balaban J connectivity index is 0.000000753. The molecule has 9 nitrogen and oxygen atoms in total. The summed E-state index contributed by atoms with van der Waals surface area (Å²) < 4.78 is 13.2. The highest BCUT2D eigenvalue weighted by Gasteiger charge is 2.55. The number of rotatable bonds is 9. The molecule has 2 unspecified atom stereocenters. The van der Waals surface area contributed by atoms with Gasteiger partial charge >= 0.3 is 11.9 Å². The minimum absolute atomic E-state index is 0.0459. The zero-order valence-corrected chi connectivity index (χ0v) is 42.4. The molecule has 9 heteroatoms. The lowest BCUT2D eigenvalue weighted by Crippen LogP contribution is -2.65. The predicted octanol–water partition coefficient (Wildman–Crippen LogP) is 10.4. The number of nitrogens with one attached hydrogen (secondary N) is 1. The Hall–Kier alpha value is -2.20. The molecule has 346 valence electrons. The van der Waals surface area contributed by atoms with Gasteiger partial charge in [-0.05, 0) is 176 Å². The SMILES string of the molecule is CC1(C)CC(O)CC(C)(C)N1.CCCCC(Cc1cc(C(C)(C)C)c(O)c(C(C)(C)C)c1)(C(=O)OC1CCC(C)(C)N(C)C1(C)C)C(=O)OC1CCC(C)(C)N(C)C1(C)C. The van der Waals surface area contributed by atoms with E-state index in [1.165, 1.54) is 0 Å². The van der Waals surface area contributed by atoms with E-state index in [4.69, 9.17) is 9.47 Å². The van der Waals surface area contributed by atoms with Gasteiger partial charge < -0.3 is 25.0 Å². The molecule has 0 radical (unpaired) electrons. The highest BCUT2D eigenvalue weighted by atomic mass is 16.6. The van der Waals surface area contributed by atoms with Crippen molar-refractivity contribution in [1.29, 1.82) is 0 Å². The summed E-state index contributed by atoms with van der Waals surface area (Å²) in [7, 11) is 4.19. The van der Waals surface area contributed by atoms with Crippen LogP contribution in [0.1, 0.15) is 206 Å². The molecule has 3 N–H and O–H groups in total. The zero-order chi connectivity index (χ0) is 46.5. The van der Waals surface area contributed by atoms with E-state index in [1.807, 2.05) is 12.1 Å². The Morgan fingerprint density at radius 3 is 1.40 bits per heavy atom. The second kappa shape index (κ2) is 17.8. The quantitative estimate of drug-likeness (QED) is 0.165. The fraction of sp³-hybridized carbons (Fsp3) is 0.843. The van der Waals surface area contributed by atoms with Crippen LogP contribution >= 0.6 is 0 Å². The number of carbonyl (C=O) groups is 2. The van der Waals surface area contributed by atoms with Crippen LogP contribution in [0.4, 0.5) is 0 Å². The summed E-state index contributed by atoms with van der Waals surface area (Å²) in [6.45, 7) is 40.5. The van der Waals surface area contributed by atoms with Crippen LogP contribution < -0.4 is 5.32 Å². The summed E-state index contributed by atoms with van der Waals surface area (Å²) in [5, 5.41) is 24.6. The third kappa shape index (κ3) is 11.7. The van der Waals surface area contributed by atoms with Crippen molar-refractivity contribution in [3.05, 3.63) is 28.8 Å². The number of carbonyl (C=O) groups excluding carboxylic acids is 2. The number of hydrogen-bond acceptors (Lipinski definition) is 9. The molecule has 3 saturated heterocycles. The summed E-state index contributed by atoms with van der Waals surface area (Å²) in [4.78, 5) is 34.7. The third-order valence-electron chi connectivity index (χ3n) is 14.9. The molecule has 1 aromatic carbocycles. The smallest absolute Gasteiger partial charge is 0.324 e. The van der Waals surface area contributed by atoms with Crippen LogP contribution in [0, 0.1) is 5.41 Å². The maximum atomic E-state index is 15.0. The van der Waals surface area contributed by atoms with E-state index in [0.29, 0.717) is 25.7 Å². The van der Waals surface area contributed by atoms with E-state index in [-0.39, 0.29) is 63.5 Å². The molecule has 0 amide bonds. The Morgan fingerprint density at radius 1 is 0.717 bits per heavy atom. The number of esters is 2. The highest BCUT2D eigenvalue weighted by Crippen LogP contribution is 2.46. The van der Waals surface area contributed by atoms with Gasteiger partial charge in [0.05, 0.1) is 17.2 Å². The molecule has 2 atom stereocenters. The number of ether oxygens (including phenoxy) is 2. The number of likely N-dealkylation sites (N-methyl/N-ethyl adjacent to an activating group) is 2. The number of phenolic OH excluding ortho intramolecular Hbond substituents is 1. The van der Waals surface area contributed by atoms with Gasteiger partial charge in [-0.3, -0.25) is 19.4 Å². The van der Waals surface area contributed by atoms with Crippen LogP contribution in [0.25, 0.3) is 0 Å². The van der Waals surface area contributed by atoms with E-state index in [9.17, 15) is 10.2 Å². The molecule has 4 rings (SSSR count). The Bertz CT molecular complexity index is 1550. The second-order valence-corrected chi connectivity index (χ2v) is 24.8. The Morgan fingerprint density at radius 2 is 1.08 bits per heavy atom. The van der Waals surface area contributed by atoms with Crippen molar-refractivity contribution in [1.82, 2.24) is 15.1 Å². The van der Waals surface area contributed by atoms with Crippen molar-refractivity contribution in [2.75, 3.05) is 14.1 Å². The van der Waals surface area contributed by atoms with Gasteiger partial charge in [0, 0.05) is 22.2 Å². The molecule has 3 aliphatic rings. The molecular weight excluding hydrogens is 751 g/mol. The fourth-order valence-electron chi connectivity index (χ4n) is 10.4. The number of aliphatic hydroxyl groups is 1. The lowest BCUT2D eigenvalue weighted by molar-refractivity contribution is -0.196. The van der Waals surface area contributed by atoms with E-state index >= 15 is 9.59 Å². The number of hydrogen-bond donors (Lipinski definition) is 3. The lowest BCUT2D eigenvalue weighted by Gasteiger charge is -2.55. The minimum atomic E-state index is -1.56. The summed E-state index contributed by atoms with van der Waals surface area (Å²) in [6.07, 6.45) is 5.92. The molecule has 0 spiro atoms. The van der Waals surface area contributed by atoms with Crippen molar-refractivity contribution >= 4 is 11.9 Å². The zero-order valence-electron chi connectivity index (χ0n) is 42.4. The first kappa shape index (κ1) is 52.1. The predicted molar refractivity (Wildman–Crippen MR) is 248 cm³/mol. The molecule has 0 saturated carbocycles. The topological polar surface area (TPSA) is 112 Å². The van der Waals surface area contributed by atoms with Crippen LogP contribution in [-0.2, 0) is 36.3 Å². The van der Waals surface area contributed by atoms with E-state index in [1.54, 1.807) is 0 Å². The maximum Gasteiger partial charge on any atom is 0.324 e. The number of aromatic hydroxyl groups is 1. The van der Waals surface area contributed by atoms with Gasteiger partial charge in [-0.15, -0.1) is 0 Å². The van der Waals surface area contributed by atoms with Gasteiger partial charge in [0.2, 0.25) is 0 Å².